The minimum atomic E-state index is -0.464. The van der Waals surface area contributed by atoms with E-state index in [2.05, 4.69) is 16.9 Å². The molecule has 0 N–H and O–H groups in total. The zero-order valence-electron chi connectivity index (χ0n) is 12.5. The van der Waals surface area contributed by atoms with Crippen LogP contribution in [-0.4, -0.2) is 9.97 Å². The number of benzene rings is 1. The van der Waals surface area contributed by atoms with Crippen molar-refractivity contribution >= 4 is 33.2 Å². The van der Waals surface area contributed by atoms with Crippen LogP contribution >= 0.6 is 22.9 Å². The van der Waals surface area contributed by atoms with Crippen molar-refractivity contribution < 1.29 is 9.13 Å². The van der Waals surface area contributed by atoms with Crippen molar-refractivity contribution in [2.45, 2.75) is 26.2 Å². The van der Waals surface area contributed by atoms with E-state index in [9.17, 15) is 4.39 Å². The van der Waals surface area contributed by atoms with Crippen molar-refractivity contribution in [2.75, 3.05) is 0 Å². The fraction of sp³-hybridized carbons (Fsp3) is 0.294. The lowest BCUT2D eigenvalue weighted by molar-refractivity contribution is 0.464. The van der Waals surface area contributed by atoms with Gasteiger partial charge < -0.3 is 4.74 Å². The van der Waals surface area contributed by atoms with E-state index in [1.807, 2.05) is 0 Å². The van der Waals surface area contributed by atoms with Gasteiger partial charge in [0.25, 0.3) is 0 Å². The molecule has 0 aliphatic heterocycles. The molecule has 3 aromatic rings. The molecule has 1 aromatic carbocycles. The van der Waals surface area contributed by atoms with Crippen molar-refractivity contribution in [2.24, 2.45) is 5.92 Å². The summed E-state index contributed by atoms with van der Waals surface area (Å²) in [4.78, 5) is 11.0. The van der Waals surface area contributed by atoms with E-state index in [1.165, 1.54) is 28.9 Å². The number of hydrogen-bond donors (Lipinski definition) is 0. The summed E-state index contributed by atoms with van der Waals surface area (Å²) in [6, 6.07) is 4.31. The molecular formula is C17H14ClFN2OS. The number of thiophene rings is 1. The Balaban J connectivity index is 1.79. The Morgan fingerprint density at radius 3 is 3.04 bits per heavy atom. The number of rotatable bonds is 2. The van der Waals surface area contributed by atoms with Crippen molar-refractivity contribution in [3.05, 3.63) is 45.8 Å². The molecule has 6 heteroatoms. The quantitative estimate of drug-likeness (QED) is 0.621. The van der Waals surface area contributed by atoms with Crippen molar-refractivity contribution in [1.29, 1.82) is 0 Å². The molecule has 1 atom stereocenters. The Morgan fingerprint density at radius 2 is 2.22 bits per heavy atom. The van der Waals surface area contributed by atoms with Crippen LogP contribution in [0.3, 0.4) is 0 Å². The molecule has 0 saturated heterocycles. The van der Waals surface area contributed by atoms with E-state index in [1.54, 1.807) is 17.4 Å². The van der Waals surface area contributed by atoms with Crippen LogP contribution in [0.4, 0.5) is 4.39 Å². The van der Waals surface area contributed by atoms with Crippen molar-refractivity contribution in [3.8, 4) is 11.6 Å². The summed E-state index contributed by atoms with van der Waals surface area (Å²) in [5.41, 5.74) is 1.30. The van der Waals surface area contributed by atoms with Gasteiger partial charge in [0, 0.05) is 10.9 Å². The van der Waals surface area contributed by atoms with Crippen molar-refractivity contribution in [3.63, 3.8) is 0 Å². The van der Waals surface area contributed by atoms with Gasteiger partial charge in [-0.2, -0.15) is 0 Å². The normalized spacial score (nSPS) is 17.3. The highest BCUT2D eigenvalue weighted by Crippen LogP contribution is 2.41. The first-order valence-electron chi connectivity index (χ1n) is 7.50. The molecule has 118 valence electrons. The lowest BCUT2D eigenvalue weighted by atomic mass is 9.89. The Hall–Kier alpha value is -1.72. The fourth-order valence-electron chi connectivity index (χ4n) is 2.98. The average molecular weight is 349 g/mol. The van der Waals surface area contributed by atoms with Crippen LogP contribution in [0.2, 0.25) is 5.02 Å². The molecule has 1 aliphatic rings. The third kappa shape index (κ3) is 2.68. The third-order valence-electron chi connectivity index (χ3n) is 4.16. The molecule has 0 spiro atoms. The third-order valence-corrected chi connectivity index (χ3v) is 5.61. The molecule has 1 aliphatic carbocycles. The van der Waals surface area contributed by atoms with Crippen LogP contribution in [0, 0.1) is 11.7 Å². The van der Waals surface area contributed by atoms with E-state index in [4.69, 9.17) is 16.3 Å². The highest BCUT2D eigenvalue weighted by Gasteiger charge is 2.23. The molecule has 0 bridgehead atoms. The van der Waals surface area contributed by atoms with Gasteiger partial charge >= 0.3 is 0 Å². The summed E-state index contributed by atoms with van der Waals surface area (Å²) in [5.74, 6) is 1.22. The molecule has 0 unspecified atom stereocenters. The van der Waals surface area contributed by atoms with E-state index in [0.717, 1.165) is 29.5 Å². The molecule has 3 nitrogen and oxygen atoms in total. The maximum absolute atomic E-state index is 13.3. The van der Waals surface area contributed by atoms with E-state index >= 15 is 0 Å². The highest BCUT2D eigenvalue weighted by atomic mass is 35.5. The lowest BCUT2D eigenvalue weighted by Crippen LogP contribution is -2.08. The van der Waals surface area contributed by atoms with Crippen LogP contribution in [0.5, 0.6) is 11.6 Å². The molecule has 0 saturated carbocycles. The molecule has 2 heterocycles. The first-order chi connectivity index (χ1) is 11.1. The van der Waals surface area contributed by atoms with Gasteiger partial charge in [-0.15, -0.1) is 11.3 Å². The summed E-state index contributed by atoms with van der Waals surface area (Å²) >= 11 is 7.54. The van der Waals surface area contributed by atoms with Gasteiger partial charge in [0.05, 0.1) is 10.4 Å². The minimum absolute atomic E-state index is 0.0361. The van der Waals surface area contributed by atoms with Crippen LogP contribution < -0.4 is 4.74 Å². The van der Waals surface area contributed by atoms with E-state index in [-0.39, 0.29) is 5.02 Å². The minimum Gasteiger partial charge on any atom is -0.438 e. The molecular weight excluding hydrogens is 335 g/mol. The smallest absolute Gasteiger partial charge is 0.231 e. The number of aryl methyl sites for hydroxylation is 1. The monoisotopic (exact) mass is 348 g/mol. The summed E-state index contributed by atoms with van der Waals surface area (Å²) in [6.45, 7) is 2.27. The number of ether oxygens (including phenoxy) is 1. The van der Waals surface area contributed by atoms with Crippen LogP contribution in [0.15, 0.2) is 24.5 Å². The predicted molar refractivity (Wildman–Crippen MR) is 90.1 cm³/mol. The number of hydrogen-bond acceptors (Lipinski definition) is 4. The number of halogens is 2. The fourth-order valence-corrected chi connectivity index (χ4v) is 4.49. The van der Waals surface area contributed by atoms with Gasteiger partial charge in [-0.25, -0.2) is 14.4 Å². The Labute approximate surface area is 142 Å². The van der Waals surface area contributed by atoms with Crippen LogP contribution in [-0.2, 0) is 12.8 Å². The van der Waals surface area contributed by atoms with Crippen LogP contribution in [0.25, 0.3) is 10.2 Å². The molecule has 4 rings (SSSR count). The number of nitrogens with zero attached hydrogens (tertiary/aromatic N) is 2. The van der Waals surface area contributed by atoms with Crippen molar-refractivity contribution in [1.82, 2.24) is 9.97 Å². The number of fused-ring (bicyclic) bond motifs is 3. The lowest BCUT2D eigenvalue weighted by Gasteiger charge is -2.18. The van der Waals surface area contributed by atoms with Gasteiger partial charge in [-0.1, -0.05) is 18.5 Å². The molecule has 23 heavy (non-hydrogen) atoms. The summed E-state index contributed by atoms with van der Waals surface area (Å²) in [6.07, 6.45) is 4.77. The SMILES string of the molecule is C[C@@H]1CCc2c(sc3ncnc(Oc4ccc(F)c(Cl)c4)c23)C1. The van der Waals surface area contributed by atoms with Gasteiger partial charge in [0.15, 0.2) is 0 Å². The highest BCUT2D eigenvalue weighted by molar-refractivity contribution is 7.18. The zero-order valence-corrected chi connectivity index (χ0v) is 14.0. The second-order valence-corrected chi connectivity index (χ2v) is 7.38. The second-order valence-electron chi connectivity index (χ2n) is 5.89. The van der Waals surface area contributed by atoms with Gasteiger partial charge in [0.1, 0.15) is 22.7 Å². The standard InChI is InChI=1S/C17H14ClFN2OS/c1-9-2-4-11-14(6-9)23-17-15(11)16(20-8-21-17)22-10-3-5-13(19)12(18)7-10/h3,5,7-9H,2,4,6H2,1H3/t9-/m1/s1. The Bertz CT molecular complexity index is 896. The van der Waals surface area contributed by atoms with Gasteiger partial charge in [0.2, 0.25) is 5.88 Å². The summed E-state index contributed by atoms with van der Waals surface area (Å²) in [7, 11) is 0. The number of aromatic nitrogens is 2. The second kappa shape index (κ2) is 5.73. The first kappa shape index (κ1) is 14.8. The maximum atomic E-state index is 13.3. The van der Waals surface area contributed by atoms with Gasteiger partial charge in [-0.3, -0.25) is 0 Å². The van der Waals surface area contributed by atoms with Crippen LogP contribution in [0.1, 0.15) is 23.8 Å². The molecule has 2 aromatic heterocycles. The van der Waals surface area contributed by atoms with Gasteiger partial charge in [-0.05, 0) is 42.9 Å². The van der Waals surface area contributed by atoms with E-state index in [0.29, 0.717) is 17.5 Å². The Morgan fingerprint density at radius 1 is 1.35 bits per heavy atom. The maximum Gasteiger partial charge on any atom is 0.231 e. The molecule has 0 fully saturated rings. The average Bonchev–Trinajstić information content (AvgIpc) is 2.89. The predicted octanol–water partition coefficient (Wildman–Crippen LogP) is 5.40. The molecule has 0 radical (unpaired) electrons. The van der Waals surface area contributed by atoms with E-state index < -0.39 is 5.82 Å². The topological polar surface area (TPSA) is 35.0 Å². The summed E-state index contributed by atoms with van der Waals surface area (Å²) < 4.78 is 19.2. The Kier molecular flexibility index (Phi) is 3.70. The zero-order chi connectivity index (χ0) is 16.0. The summed E-state index contributed by atoms with van der Waals surface area (Å²) in [5, 5.41) is 1.02. The molecule has 0 amide bonds. The largest absolute Gasteiger partial charge is 0.438 e. The first-order valence-corrected chi connectivity index (χ1v) is 8.69.